The van der Waals surface area contributed by atoms with E-state index in [1.165, 1.54) is 0 Å². The Hall–Kier alpha value is -1.73. The molecule has 1 aromatic heterocycles. The van der Waals surface area contributed by atoms with Crippen molar-refractivity contribution in [1.29, 1.82) is 0 Å². The van der Waals surface area contributed by atoms with Gasteiger partial charge in [-0.3, -0.25) is 5.10 Å². The summed E-state index contributed by atoms with van der Waals surface area (Å²) in [5.41, 5.74) is 4.12. The maximum Gasteiger partial charge on any atom is 0.214 e. The van der Waals surface area contributed by atoms with Crippen LogP contribution < -0.4 is 14.9 Å². The van der Waals surface area contributed by atoms with Gasteiger partial charge in [0, 0.05) is 23.1 Å². The molecular formula is C14H19ClN4O2S. The Bertz CT molecular complexity index is 699. The minimum atomic E-state index is 0.479. The summed E-state index contributed by atoms with van der Waals surface area (Å²) in [6.07, 6.45) is 0.761. The van der Waals surface area contributed by atoms with Crippen molar-refractivity contribution in [3.63, 3.8) is 0 Å². The molecule has 2 N–H and O–H groups in total. The summed E-state index contributed by atoms with van der Waals surface area (Å²) in [5, 5.41) is 7.51. The number of aromatic amines is 1. The van der Waals surface area contributed by atoms with Crippen LogP contribution in [0, 0.1) is 4.77 Å². The normalized spacial score (nSPS) is 10.5. The second kappa shape index (κ2) is 7.51. The molecule has 2 aromatic rings. The van der Waals surface area contributed by atoms with E-state index in [1.54, 1.807) is 17.9 Å². The summed E-state index contributed by atoms with van der Waals surface area (Å²) in [6.45, 7) is 4.95. The zero-order valence-corrected chi connectivity index (χ0v) is 14.3. The number of nitrogens with zero attached hydrogens (tertiary/aromatic N) is 2. The lowest BCUT2D eigenvalue weighted by Gasteiger charge is -2.16. The molecule has 0 aliphatic rings. The summed E-state index contributed by atoms with van der Waals surface area (Å²) < 4.78 is 13.3. The van der Waals surface area contributed by atoms with Crippen LogP contribution in [0.2, 0.25) is 5.02 Å². The molecule has 6 nitrogen and oxygen atoms in total. The first-order valence-corrected chi connectivity index (χ1v) is 7.78. The third-order valence-corrected chi connectivity index (χ3v) is 3.58. The summed E-state index contributed by atoms with van der Waals surface area (Å²) in [6, 6.07) is 3.58. The Balaban J connectivity index is 2.30. The first kappa shape index (κ1) is 16.6. The number of ether oxygens (including phenoxy) is 2. The van der Waals surface area contributed by atoms with E-state index in [2.05, 4.69) is 15.6 Å². The average Bonchev–Trinajstić information content (AvgIpc) is 2.87. The Kier molecular flexibility index (Phi) is 5.68. The van der Waals surface area contributed by atoms with E-state index in [9.17, 15) is 0 Å². The highest BCUT2D eigenvalue weighted by molar-refractivity contribution is 7.71. The van der Waals surface area contributed by atoms with Crippen LogP contribution in [0.3, 0.4) is 0 Å². The SMILES string of the molecule is CCOc1c(CNn2c(CC)n[nH]c2=S)cc(Cl)cc1OC. The molecule has 1 aromatic carbocycles. The number of aromatic nitrogens is 3. The van der Waals surface area contributed by atoms with Crippen molar-refractivity contribution >= 4 is 23.8 Å². The van der Waals surface area contributed by atoms with Gasteiger partial charge in [0.1, 0.15) is 0 Å². The van der Waals surface area contributed by atoms with Crippen LogP contribution in [0.25, 0.3) is 0 Å². The minimum Gasteiger partial charge on any atom is -0.493 e. The van der Waals surface area contributed by atoms with E-state index in [4.69, 9.17) is 33.3 Å². The van der Waals surface area contributed by atoms with E-state index in [0.29, 0.717) is 34.4 Å². The second-order valence-electron chi connectivity index (χ2n) is 4.50. The van der Waals surface area contributed by atoms with Crippen molar-refractivity contribution in [2.75, 3.05) is 19.1 Å². The lowest BCUT2D eigenvalue weighted by Crippen LogP contribution is -2.18. The molecule has 0 spiro atoms. The fourth-order valence-electron chi connectivity index (χ4n) is 2.11. The van der Waals surface area contributed by atoms with Gasteiger partial charge in [0.25, 0.3) is 0 Å². The van der Waals surface area contributed by atoms with Crippen molar-refractivity contribution in [1.82, 2.24) is 14.9 Å². The maximum atomic E-state index is 6.14. The molecule has 0 aliphatic heterocycles. The van der Waals surface area contributed by atoms with Crippen molar-refractivity contribution in [2.45, 2.75) is 26.8 Å². The highest BCUT2D eigenvalue weighted by atomic mass is 35.5. The van der Waals surface area contributed by atoms with E-state index < -0.39 is 0 Å². The number of rotatable bonds is 7. The maximum absolute atomic E-state index is 6.14. The number of nitrogens with one attached hydrogen (secondary N) is 2. The van der Waals surface area contributed by atoms with Crippen molar-refractivity contribution < 1.29 is 9.47 Å². The molecule has 0 amide bonds. The van der Waals surface area contributed by atoms with Gasteiger partial charge in [-0.05, 0) is 25.2 Å². The monoisotopic (exact) mass is 342 g/mol. The third kappa shape index (κ3) is 3.53. The molecule has 8 heteroatoms. The van der Waals surface area contributed by atoms with Crippen LogP contribution >= 0.6 is 23.8 Å². The quantitative estimate of drug-likeness (QED) is 0.756. The summed E-state index contributed by atoms with van der Waals surface area (Å²) >= 11 is 11.4. The zero-order chi connectivity index (χ0) is 16.1. The predicted octanol–water partition coefficient (Wildman–Crippen LogP) is 3.31. The van der Waals surface area contributed by atoms with Crippen LogP contribution in [-0.4, -0.2) is 28.6 Å². The van der Waals surface area contributed by atoms with E-state index in [-0.39, 0.29) is 0 Å². The van der Waals surface area contributed by atoms with Crippen LogP contribution in [0.1, 0.15) is 25.2 Å². The lowest BCUT2D eigenvalue weighted by molar-refractivity contribution is 0.307. The number of hydrogen-bond donors (Lipinski definition) is 2. The number of hydrogen-bond acceptors (Lipinski definition) is 5. The molecule has 0 saturated carbocycles. The first-order valence-electron chi connectivity index (χ1n) is 7.00. The number of aryl methyl sites for hydroxylation is 1. The van der Waals surface area contributed by atoms with Gasteiger partial charge in [-0.25, -0.2) is 4.68 Å². The number of methoxy groups -OCH3 is 1. The molecule has 0 bridgehead atoms. The van der Waals surface area contributed by atoms with Crippen molar-refractivity contribution in [3.8, 4) is 11.5 Å². The average molecular weight is 343 g/mol. The van der Waals surface area contributed by atoms with Gasteiger partial charge in [-0.2, -0.15) is 5.10 Å². The molecule has 0 atom stereocenters. The Morgan fingerprint density at radius 3 is 2.82 bits per heavy atom. The Labute approximate surface area is 139 Å². The molecule has 22 heavy (non-hydrogen) atoms. The van der Waals surface area contributed by atoms with Crippen molar-refractivity contribution in [3.05, 3.63) is 33.3 Å². The van der Waals surface area contributed by atoms with Gasteiger partial charge < -0.3 is 14.9 Å². The summed E-state index contributed by atoms with van der Waals surface area (Å²) in [7, 11) is 1.59. The number of H-pyrrole nitrogens is 1. The molecule has 120 valence electrons. The molecule has 0 radical (unpaired) electrons. The minimum absolute atomic E-state index is 0.479. The summed E-state index contributed by atoms with van der Waals surface area (Å²) in [4.78, 5) is 0. The van der Waals surface area contributed by atoms with Crippen LogP contribution in [0.4, 0.5) is 0 Å². The molecule has 0 aliphatic carbocycles. The number of benzene rings is 1. The molecule has 2 rings (SSSR count). The largest absolute Gasteiger partial charge is 0.493 e. The predicted molar refractivity (Wildman–Crippen MR) is 89.0 cm³/mol. The van der Waals surface area contributed by atoms with Gasteiger partial charge in [-0.15, -0.1) is 0 Å². The summed E-state index contributed by atoms with van der Waals surface area (Å²) in [5.74, 6) is 2.12. The Morgan fingerprint density at radius 2 is 2.18 bits per heavy atom. The lowest BCUT2D eigenvalue weighted by atomic mass is 10.2. The van der Waals surface area contributed by atoms with Gasteiger partial charge in [0.2, 0.25) is 4.77 Å². The van der Waals surface area contributed by atoms with Gasteiger partial charge in [0.05, 0.1) is 20.3 Å². The van der Waals surface area contributed by atoms with Crippen LogP contribution in [0.15, 0.2) is 12.1 Å². The van der Waals surface area contributed by atoms with Gasteiger partial charge in [-0.1, -0.05) is 18.5 Å². The van der Waals surface area contributed by atoms with E-state index in [0.717, 1.165) is 17.8 Å². The second-order valence-corrected chi connectivity index (χ2v) is 5.32. The molecular weight excluding hydrogens is 324 g/mol. The van der Waals surface area contributed by atoms with Crippen LogP contribution in [-0.2, 0) is 13.0 Å². The van der Waals surface area contributed by atoms with Gasteiger partial charge in [0.15, 0.2) is 17.3 Å². The van der Waals surface area contributed by atoms with Gasteiger partial charge >= 0.3 is 0 Å². The number of halogens is 1. The highest BCUT2D eigenvalue weighted by Gasteiger charge is 2.13. The topological polar surface area (TPSA) is 64.1 Å². The molecule has 1 heterocycles. The standard InChI is InChI=1S/C14H19ClN4O2S/c1-4-12-17-18-14(22)19(12)16-8-9-6-10(15)7-11(20-3)13(9)21-5-2/h6-7,16H,4-5,8H2,1-3H3,(H,18,22). The smallest absolute Gasteiger partial charge is 0.214 e. The fraction of sp³-hybridized carbons (Fsp3) is 0.429. The van der Waals surface area contributed by atoms with Crippen LogP contribution in [0.5, 0.6) is 11.5 Å². The highest BCUT2D eigenvalue weighted by Crippen LogP contribution is 2.34. The Morgan fingerprint density at radius 1 is 1.41 bits per heavy atom. The third-order valence-electron chi connectivity index (χ3n) is 3.09. The zero-order valence-electron chi connectivity index (χ0n) is 12.8. The molecule has 0 unspecified atom stereocenters. The fourth-order valence-corrected chi connectivity index (χ4v) is 2.55. The molecule has 0 fully saturated rings. The first-order chi connectivity index (χ1) is 10.6. The van der Waals surface area contributed by atoms with E-state index >= 15 is 0 Å². The molecule has 0 saturated heterocycles. The van der Waals surface area contributed by atoms with E-state index in [1.807, 2.05) is 19.9 Å². The van der Waals surface area contributed by atoms with Crippen molar-refractivity contribution in [2.24, 2.45) is 0 Å².